The molecule has 0 radical (unpaired) electrons. The van der Waals surface area contributed by atoms with Gasteiger partial charge in [0.1, 0.15) is 16.0 Å². The summed E-state index contributed by atoms with van der Waals surface area (Å²) >= 11 is 0.974. The lowest BCUT2D eigenvalue weighted by molar-refractivity contribution is -0.138. The zero-order valence-corrected chi connectivity index (χ0v) is 20.0. The lowest BCUT2D eigenvalue weighted by atomic mass is 10.0. The fourth-order valence-electron chi connectivity index (χ4n) is 3.44. The first-order chi connectivity index (χ1) is 16.1. The van der Waals surface area contributed by atoms with Gasteiger partial charge in [0.25, 0.3) is 10.0 Å². The molecule has 4 aromatic rings. The minimum Gasteiger partial charge on any atom is -0.508 e. The number of aryl methyl sites for hydroxylation is 2. The van der Waals surface area contributed by atoms with E-state index in [4.69, 9.17) is 0 Å². The normalized spacial score (nSPS) is 12.3. The third kappa shape index (κ3) is 5.15. The first-order valence-electron chi connectivity index (χ1n) is 10.4. The highest BCUT2D eigenvalue weighted by atomic mass is 32.2. The molecule has 4 rings (SSSR count). The van der Waals surface area contributed by atoms with Gasteiger partial charge in [-0.05, 0) is 61.4 Å². The minimum absolute atomic E-state index is 0.0147. The van der Waals surface area contributed by atoms with Crippen LogP contribution in [0.3, 0.4) is 0 Å². The summed E-state index contributed by atoms with van der Waals surface area (Å²) in [7, 11) is -4.08. The van der Waals surface area contributed by atoms with Gasteiger partial charge in [-0.15, -0.1) is 11.3 Å². The zero-order valence-electron chi connectivity index (χ0n) is 18.4. The van der Waals surface area contributed by atoms with E-state index in [2.05, 4.69) is 21.5 Å². The van der Waals surface area contributed by atoms with Crippen molar-refractivity contribution in [3.63, 3.8) is 0 Å². The molecule has 0 saturated heterocycles. The van der Waals surface area contributed by atoms with Crippen LogP contribution in [-0.2, 0) is 21.2 Å². The van der Waals surface area contributed by atoms with Crippen molar-refractivity contribution in [2.45, 2.75) is 30.5 Å². The monoisotopic (exact) mass is 494 g/mol. The Kier molecular flexibility index (Phi) is 6.48. The number of benzene rings is 2. The maximum Gasteiger partial charge on any atom is 0.322 e. The van der Waals surface area contributed by atoms with Gasteiger partial charge < -0.3 is 15.2 Å². The van der Waals surface area contributed by atoms with Gasteiger partial charge in [0.2, 0.25) is 0 Å². The van der Waals surface area contributed by atoms with Gasteiger partial charge in [-0.25, -0.2) is 8.42 Å². The lowest BCUT2D eigenvalue weighted by Crippen LogP contribution is -2.41. The summed E-state index contributed by atoms with van der Waals surface area (Å²) in [5.41, 5.74) is 3.92. The second-order valence-corrected chi connectivity index (χ2v) is 11.0. The van der Waals surface area contributed by atoms with E-state index < -0.39 is 22.0 Å². The summed E-state index contributed by atoms with van der Waals surface area (Å²) in [6.07, 6.45) is 1.53. The summed E-state index contributed by atoms with van der Waals surface area (Å²) in [6.45, 7) is 3.73. The van der Waals surface area contributed by atoms with Crippen LogP contribution in [0, 0.1) is 25.7 Å². The maximum atomic E-state index is 12.9. The molecule has 0 spiro atoms. The molecule has 34 heavy (non-hydrogen) atoms. The van der Waals surface area contributed by atoms with Crippen molar-refractivity contribution in [1.82, 2.24) is 9.71 Å². The van der Waals surface area contributed by atoms with E-state index >= 15 is 0 Å². The van der Waals surface area contributed by atoms with E-state index in [1.54, 1.807) is 31.3 Å². The topological polar surface area (TPSA) is 119 Å². The van der Waals surface area contributed by atoms with Crippen molar-refractivity contribution in [2.24, 2.45) is 0 Å². The van der Waals surface area contributed by atoms with E-state index in [9.17, 15) is 23.4 Å². The predicted molar refractivity (Wildman–Crippen MR) is 132 cm³/mol. The molecule has 0 fully saturated rings. The van der Waals surface area contributed by atoms with Gasteiger partial charge in [0, 0.05) is 29.1 Å². The van der Waals surface area contributed by atoms with Crippen LogP contribution in [0.5, 0.6) is 5.75 Å². The fraction of sp³-hybridized carbons (Fsp3) is 0.160. The number of nitrogens with one attached hydrogen (secondary N) is 2. The number of aliphatic carboxylic acids is 1. The molecule has 1 unspecified atom stereocenters. The summed E-state index contributed by atoms with van der Waals surface area (Å²) in [4.78, 5) is 15.5. The number of fused-ring (bicyclic) bond motifs is 1. The number of carboxylic acids is 1. The Hall–Kier alpha value is -3.58. The molecule has 4 N–H and O–H groups in total. The molecule has 0 aliphatic heterocycles. The number of aromatic nitrogens is 1. The quantitative estimate of drug-likeness (QED) is 0.303. The molecule has 2 heterocycles. The number of carboxylic acid groups (broad SMARTS) is 1. The number of hydrogen-bond acceptors (Lipinski definition) is 5. The molecule has 0 aliphatic rings. The summed E-state index contributed by atoms with van der Waals surface area (Å²) in [5.74, 6) is 4.72. The summed E-state index contributed by atoms with van der Waals surface area (Å²) in [5, 5.41) is 20.3. The number of H-pyrrole nitrogens is 1. The number of hydrogen-bond donors (Lipinski definition) is 4. The van der Waals surface area contributed by atoms with Crippen LogP contribution in [0.1, 0.15) is 27.1 Å². The van der Waals surface area contributed by atoms with Crippen molar-refractivity contribution >= 4 is 38.2 Å². The molecule has 0 amide bonds. The number of sulfonamides is 1. The number of carbonyl (C=O) groups is 1. The Morgan fingerprint density at radius 2 is 1.85 bits per heavy atom. The largest absolute Gasteiger partial charge is 0.508 e. The SMILES string of the molecule is Cc1ccc(C#Cc2ccc(S(=O)(=O)NC(Cc3c[nH]c4cc(C)c(O)cc34)C(=O)O)s2)cc1. The lowest BCUT2D eigenvalue weighted by Gasteiger charge is -2.14. The highest BCUT2D eigenvalue weighted by Gasteiger charge is 2.27. The molecular weight excluding hydrogens is 472 g/mol. The maximum absolute atomic E-state index is 12.9. The van der Waals surface area contributed by atoms with Crippen LogP contribution < -0.4 is 4.72 Å². The van der Waals surface area contributed by atoms with Crippen molar-refractivity contribution < 1.29 is 23.4 Å². The van der Waals surface area contributed by atoms with E-state index in [1.807, 2.05) is 31.2 Å². The van der Waals surface area contributed by atoms with Gasteiger partial charge in [-0.1, -0.05) is 29.5 Å². The van der Waals surface area contributed by atoms with Crippen LogP contribution in [0.15, 0.2) is 58.9 Å². The molecule has 174 valence electrons. The van der Waals surface area contributed by atoms with Gasteiger partial charge in [0.05, 0.1) is 4.88 Å². The van der Waals surface area contributed by atoms with Crippen molar-refractivity contribution in [3.8, 4) is 17.6 Å². The number of rotatable bonds is 6. The van der Waals surface area contributed by atoms with Gasteiger partial charge in [-0.2, -0.15) is 4.72 Å². The Balaban J connectivity index is 1.54. The number of aromatic amines is 1. The predicted octanol–water partition coefficient (Wildman–Crippen LogP) is 3.93. The Labute approximate surface area is 201 Å². The Morgan fingerprint density at radius 1 is 1.12 bits per heavy atom. The van der Waals surface area contributed by atoms with Crippen molar-refractivity contribution in [1.29, 1.82) is 0 Å². The first-order valence-corrected chi connectivity index (χ1v) is 12.7. The highest BCUT2D eigenvalue weighted by molar-refractivity contribution is 7.91. The number of aromatic hydroxyl groups is 1. The third-order valence-corrected chi connectivity index (χ3v) is 8.30. The molecular formula is C25H22N2O5S2. The van der Waals surface area contributed by atoms with Crippen LogP contribution in [0.2, 0.25) is 0 Å². The second-order valence-electron chi connectivity index (χ2n) is 7.95. The highest BCUT2D eigenvalue weighted by Crippen LogP contribution is 2.28. The summed E-state index contributed by atoms with van der Waals surface area (Å²) in [6, 6.07) is 12.6. The molecule has 2 aromatic carbocycles. The van der Waals surface area contributed by atoms with E-state index in [-0.39, 0.29) is 16.4 Å². The number of phenols is 1. The average molecular weight is 495 g/mol. The minimum atomic E-state index is -4.08. The smallest absolute Gasteiger partial charge is 0.322 e. The van der Waals surface area contributed by atoms with Crippen molar-refractivity contribution in [2.75, 3.05) is 0 Å². The zero-order chi connectivity index (χ0) is 24.5. The van der Waals surface area contributed by atoms with Crippen molar-refractivity contribution in [3.05, 3.63) is 81.9 Å². The Morgan fingerprint density at radius 3 is 2.56 bits per heavy atom. The number of phenolic OH excluding ortho intramolecular Hbond substituents is 1. The fourth-order valence-corrected chi connectivity index (χ4v) is 5.81. The second kappa shape index (κ2) is 9.35. The average Bonchev–Trinajstić information content (AvgIpc) is 3.41. The number of thiophene rings is 1. The molecule has 9 heteroatoms. The standard InChI is InChI=1S/C25H22N2O5S2/c1-15-3-5-17(6-4-15)7-8-19-9-10-24(33-19)34(31,32)27-22(25(29)30)12-18-14-26-21-11-16(2)23(28)13-20(18)21/h3-6,9-11,13-14,22,26-28H,12H2,1-2H3,(H,29,30). The Bertz CT molecular complexity index is 1540. The molecule has 0 bridgehead atoms. The molecule has 0 aliphatic carbocycles. The first kappa shape index (κ1) is 23.6. The van der Waals surface area contributed by atoms with Crippen LogP contribution in [0.4, 0.5) is 0 Å². The molecule has 2 aromatic heterocycles. The van der Waals surface area contributed by atoms with Gasteiger partial charge >= 0.3 is 5.97 Å². The molecule has 0 saturated carbocycles. The van der Waals surface area contributed by atoms with Crippen LogP contribution in [0.25, 0.3) is 10.9 Å². The van der Waals surface area contributed by atoms with E-state index in [1.165, 1.54) is 6.07 Å². The van der Waals surface area contributed by atoms with Gasteiger partial charge in [0.15, 0.2) is 0 Å². The van der Waals surface area contributed by atoms with Crippen LogP contribution in [-0.4, -0.2) is 35.6 Å². The van der Waals surface area contributed by atoms with E-state index in [0.717, 1.165) is 28.0 Å². The third-order valence-electron chi connectivity index (χ3n) is 5.33. The molecule has 7 nitrogen and oxygen atoms in total. The molecule has 1 atom stereocenters. The summed E-state index contributed by atoms with van der Waals surface area (Å²) < 4.78 is 28.1. The van der Waals surface area contributed by atoms with E-state index in [0.29, 0.717) is 21.4 Å². The van der Waals surface area contributed by atoms with Crippen LogP contribution >= 0.6 is 11.3 Å². The van der Waals surface area contributed by atoms with Gasteiger partial charge in [-0.3, -0.25) is 4.79 Å².